The third-order valence-corrected chi connectivity index (χ3v) is 4.66. The van der Waals surface area contributed by atoms with Crippen LogP contribution >= 0.6 is 11.8 Å². The molecule has 1 N–H and O–H groups in total. The normalized spacial score (nSPS) is 31.9. The van der Waals surface area contributed by atoms with Gasteiger partial charge < -0.3 is 5.11 Å². The lowest BCUT2D eigenvalue weighted by Crippen LogP contribution is -2.33. The lowest BCUT2D eigenvalue weighted by Gasteiger charge is -2.34. The van der Waals surface area contributed by atoms with Crippen molar-refractivity contribution in [1.29, 1.82) is 0 Å². The molecule has 1 aliphatic carbocycles. The molecule has 0 aromatic rings. The van der Waals surface area contributed by atoms with Gasteiger partial charge in [0.15, 0.2) is 0 Å². The van der Waals surface area contributed by atoms with E-state index in [1.165, 1.54) is 6.42 Å². The molecule has 3 heteroatoms. The number of aliphatic carboxylic acids is 1. The molecule has 0 aromatic carbocycles. The lowest BCUT2D eigenvalue weighted by atomic mass is 9.80. The summed E-state index contributed by atoms with van der Waals surface area (Å²) < 4.78 is 0. The zero-order valence-corrected chi connectivity index (χ0v) is 10.7. The van der Waals surface area contributed by atoms with Crippen LogP contribution in [0.15, 0.2) is 0 Å². The van der Waals surface area contributed by atoms with E-state index in [0.29, 0.717) is 10.5 Å². The molecule has 0 saturated heterocycles. The van der Waals surface area contributed by atoms with E-state index >= 15 is 0 Å². The van der Waals surface area contributed by atoms with E-state index < -0.39 is 5.97 Å². The zero-order chi connectivity index (χ0) is 11.4. The highest BCUT2D eigenvalue weighted by Crippen LogP contribution is 2.39. The molecule has 15 heavy (non-hydrogen) atoms. The minimum absolute atomic E-state index is 0.111. The Hall–Kier alpha value is -0.180. The van der Waals surface area contributed by atoms with E-state index in [1.54, 1.807) is 0 Å². The summed E-state index contributed by atoms with van der Waals surface area (Å²) >= 11 is 1.85. The van der Waals surface area contributed by atoms with Crippen LogP contribution in [0.3, 0.4) is 0 Å². The average molecular weight is 230 g/mol. The molecule has 0 spiro atoms. The van der Waals surface area contributed by atoms with Gasteiger partial charge in [-0.1, -0.05) is 27.2 Å². The smallest absolute Gasteiger partial charge is 0.307 e. The summed E-state index contributed by atoms with van der Waals surface area (Å²) in [6.45, 7) is 6.52. The third-order valence-electron chi connectivity index (χ3n) is 3.24. The van der Waals surface area contributed by atoms with Gasteiger partial charge >= 0.3 is 5.97 Å². The number of hydrogen-bond donors (Lipinski definition) is 1. The van der Waals surface area contributed by atoms with Gasteiger partial charge in [0.1, 0.15) is 0 Å². The summed E-state index contributed by atoms with van der Waals surface area (Å²) in [5.41, 5.74) is 0. The van der Waals surface area contributed by atoms with Crippen LogP contribution in [0.5, 0.6) is 0 Å². The maximum absolute atomic E-state index is 11.1. The number of carboxylic acids is 1. The van der Waals surface area contributed by atoms with Gasteiger partial charge in [-0.2, -0.15) is 11.8 Å². The number of hydrogen-bond acceptors (Lipinski definition) is 2. The van der Waals surface area contributed by atoms with Crippen LogP contribution in [0.1, 0.15) is 46.5 Å². The molecule has 0 amide bonds. The lowest BCUT2D eigenvalue weighted by molar-refractivity contribution is -0.142. The Morgan fingerprint density at radius 1 is 1.47 bits per heavy atom. The molecule has 1 fully saturated rings. The molecule has 0 radical (unpaired) electrons. The first kappa shape index (κ1) is 12.9. The molecule has 2 nitrogen and oxygen atoms in total. The molecule has 0 heterocycles. The maximum Gasteiger partial charge on any atom is 0.307 e. The second-order valence-electron chi connectivity index (χ2n) is 4.76. The first-order valence-corrected chi connectivity index (χ1v) is 6.87. The number of thioether (sulfide) groups is 1. The molecule has 1 saturated carbocycles. The Labute approximate surface area is 96.8 Å². The summed E-state index contributed by atoms with van der Waals surface area (Å²) in [7, 11) is 0. The van der Waals surface area contributed by atoms with Crippen LogP contribution in [-0.4, -0.2) is 21.6 Å². The van der Waals surface area contributed by atoms with Crippen molar-refractivity contribution in [2.24, 2.45) is 11.8 Å². The standard InChI is InChI=1S/C12H22O2S/c1-4-9-5-6-10(12(13)14)11(7-9)15-8(2)3/h8-11H,4-7H2,1-3H3,(H,13,14). The van der Waals surface area contributed by atoms with Crippen molar-refractivity contribution in [3.8, 4) is 0 Å². The minimum atomic E-state index is -0.595. The SMILES string of the molecule is CCC1CCC(C(=O)O)C(SC(C)C)C1. The van der Waals surface area contributed by atoms with Crippen molar-refractivity contribution < 1.29 is 9.90 Å². The Morgan fingerprint density at radius 2 is 2.13 bits per heavy atom. The van der Waals surface area contributed by atoms with Gasteiger partial charge in [-0.25, -0.2) is 0 Å². The van der Waals surface area contributed by atoms with E-state index in [4.69, 9.17) is 5.11 Å². The molecule has 1 aliphatic rings. The Morgan fingerprint density at radius 3 is 2.60 bits per heavy atom. The highest BCUT2D eigenvalue weighted by Gasteiger charge is 2.35. The van der Waals surface area contributed by atoms with Crippen molar-refractivity contribution in [1.82, 2.24) is 0 Å². The topological polar surface area (TPSA) is 37.3 Å². The highest BCUT2D eigenvalue weighted by molar-refractivity contribution is 8.00. The van der Waals surface area contributed by atoms with Gasteiger partial charge in [0.2, 0.25) is 0 Å². The van der Waals surface area contributed by atoms with Crippen molar-refractivity contribution in [2.45, 2.75) is 57.0 Å². The largest absolute Gasteiger partial charge is 0.481 e. The predicted molar refractivity (Wildman–Crippen MR) is 65.3 cm³/mol. The fraction of sp³-hybridized carbons (Fsp3) is 0.917. The van der Waals surface area contributed by atoms with Crippen LogP contribution in [0.2, 0.25) is 0 Å². The van der Waals surface area contributed by atoms with Crippen molar-refractivity contribution >= 4 is 17.7 Å². The maximum atomic E-state index is 11.1. The quantitative estimate of drug-likeness (QED) is 0.804. The van der Waals surface area contributed by atoms with E-state index in [2.05, 4.69) is 20.8 Å². The van der Waals surface area contributed by atoms with Crippen LogP contribution in [-0.2, 0) is 4.79 Å². The summed E-state index contributed by atoms with van der Waals surface area (Å²) in [5.74, 6) is 0.0414. The van der Waals surface area contributed by atoms with Gasteiger partial charge in [0.05, 0.1) is 5.92 Å². The van der Waals surface area contributed by atoms with Gasteiger partial charge in [-0.15, -0.1) is 0 Å². The van der Waals surface area contributed by atoms with Gasteiger partial charge in [0.25, 0.3) is 0 Å². The molecule has 0 bridgehead atoms. The zero-order valence-electron chi connectivity index (χ0n) is 9.90. The van der Waals surface area contributed by atoms with Gasteiger partial charge in [-0.05, 0) is 30.4 Å². The Kier molecular flexibility index (Phi) is 4.97. The second kappa shape index (κ2) is 5.78. The molecular weight excluding hydrogens is 208 g/mol. The molecular formula is C12H22O2S. The number of rotatable bonds is 4. The van der Waals surface area contributed by atoms with Crippen molar-refractivity contribution in [3.63, 3.8) is 0 Å². The summed E-state index contributed by atoms with van der Waals surface area (Å²) in [4.78, 5) is 11.1. The average Bonchev–Trinajstić information content (AvgIpc) is 2.16. The van der Waals surface area contributed by atoms with Gasteiger partial charge in [-0.3, -0.25) is 4.79 Å². The monoisotopic (exact) mass is 230 g/mol. The van der Waals surface area contributed by atoms with Crippen LogP contribution in [0.25, 0.3) is 0 Å². The van der Waals surface area contributed by atoms with Crippen LogP contribution in [0, 0.1) is 11.8 Å². The minimum Gasteiger partial charge on any atom is -0.481 e. The van der Waals surface area contributed by atoms with E-state index in [0.717, 1.165) is 25.2 Å². The third kappa shape index (κ3) is 3.71. The predicted octanol–water partition coefficient (Wildman–Crippen LogP) is 3.41. The van der Waals surface area contributed by atoms with Crippen molar-refractivity contribution in [3.05, 3.63) is 0 Å². The fourth-order valence-corrected chi connectivity index (χ4v) is 3.89. The summed E-state index contributed by atoms with van der Waals surface area (Å²) in [6, 6.07) is 0. The van der Waals surface area contributed by atoms with E-state index in [-0.39, 0.29) is 5.92 Å². The van der Waals surface area contributed by atoms with E-state index in [1.807, 2.05) is 11.8 Å². The summed E-state index contributed by atoms with van der Waals surface area (Å²) in [5, 5.41) is 10.0. The molecule has 3 atom stereocenters. The number of carbonyl (C=O) groups is 1. The molecule has 88 valence electrons. The Balaban J connectivity index is 2.60. The molecule has 0 aromatic heterocycles. The molecule has 1 rings (SSSR count). The van der Waals surface area contributed by atoms with Crippen LogP contribution in [0.4, 0.5) is 0 Å². The first-order chi connectivity index (χ1) is 7.04. The summed E-state index contributed by atoms with van der Waals surface area (Å²) in [6.07, 6.45) is 4.26. The van der Waals surface area contributed by atoms with E-state index in [9.17, 15) is 4.79 Å². The fourth-order valence-electron chi connectivity index (χ4n) is 2.37. The van der Waals surface area contributed by atoms with Crippen LogP contribution < -0.4 is 0 Å². The van der Waals surface area contributed by atoms with Crippen molar-refractivity contribution in [2.75, 3.05) is 0 Å². The number of carboxylic acid groups (broad SMARTS) is 1. The molecule has 3 unspecified atom stereocenters. The Bertz CT molecular complexity index is 216. The van der Waals surface area contributed by atoms with Gasteiger partial charge in [0, 0.05) is 5.25 Å². The second-order valence-corrected chi connectivity index (χ2v) is 6.58. The molecule has 0 aliphatic heterocycles. The first-order valence-electron chi connectivity index (χ1n) is 5.92. The highest BCUT2D eigenvalue weighted by atomic mass is 32.2.